The molecule has 3 heterocycles. The highest BCUT2D eigenvalue weighted by Gasteiger charge is 2.25. The molecule has 0 radical (unpaired) electrons. The molecule has 0 aliphatic heterocycles. The van der Waals surface area contributed by atoms with Crippen molar-refractivity contribution in [2.24, 2.45) is 0 Å². The summed E-state index contributed by atoms with van der Waals surface area (Å²) in [6, 6.07) is 72.5. The summed E-state index contributed by atoms with van der Waals surface area (Å²) in [7, 11) is 0. The molecule has 0 fully saturated rings. The van der Waals surface area contributed by atoms with Gasteiger partial charge in [-0.05, 0) is 88.5 Å². The SMILES string of the molecule is c1ccc(-c2ccc3c(c2)oc2c(-c4ccccc4)ccc(N(c4ccc5sc6cc(-c7ccccc7)ccc6c5c4)c4cccc5c4sc4ccccc45)c23)cc1. The largest absolute Gasteiger partial charge is 0.455 e. The quantitative estimate of drug-likeness (QED) is 0.167. The third-order valence-electron chi connectivity index (χ3n) is 11.5. The minimum Gasteiger partial charge on any atom is -0.455 e. The number of fused-ring (bicyclic) bond motifs is 9. The van der Waals surface area contributed by atoms with Crippen LogP contribution in [-0.4, -0.2) is 0 Å². The van der Waals surface area contributed by atoms with E-state index in [0.717, 1.165) is 55.7 Å². The van der Waals surface area contributed by atoms with E-state index in [9.17, 15) is 0 Å². The molecular weight excluding hydrogens is 743 g/mol. The van der Waals surface area contributed by atoms with Crippen molar-refractivity contribution in [3.05, 3.63) is 200 Å². The lowest BCUT2D eigenvalue weighted by molar-refractivity contribution is 0.670. The van der Waals surface area contributed by atoms with Crippen LogP contribution in [0.25, 0.3) is 95.7 Å². The molecule has 4 heteroatoms. The Kier molecular flexibility index (Phi) is 7.62. The van der Waals surface area contributed by atoms with Crippen molar-refractivity contribution >= 4 is 102 Å². The first kappa shape index (κ1) is 33.2. The van der Waals surface area contributed by atoms with Crippen LogP contribution in [0.3, 0.4) is 0 Å². The molecule has 12 rings (SSSR count). The first-order chi connectivity index (χ1) is 28.7. The van der Waals surface area contributed by atoms with Crippen molar-refractivity contribution < 1.29 is 4.42 Å². The Morgan fingerprint density at radius 1 is 0.362 bits per heavy atom. The Hall–Kier alpha value is -6.98. The fraction of sp³-hybridized carbons (Fsp3) is 0. The number of rotatable bonds is 6. The maximum absolute atomic E-state index is 7.04. The van der Waals surface area contributed by atoms with E-state index in [2.05, 4.69) is 205 Å². The van der Waals surface area contributed by atoms with E-state index in [1.807, 2.05) is 22.7 Å². The van der Waals surface area contributed by atoms with Gasteiger partial charge in [0.05, 0.1) is 21.5 Å². The minimum atomic E-state index is 0.870. The third-order valence-corrected chi connectivity index (χ3v) is 13.8. The highest BCUT2D eigenvalue weighted by Crippen LogP contribution is 2.51. The Morgan fingerprint density at radius 2 is 1.00 bits per heavy atom. The summed E-state index contributed by atoms with van der Waals surface area (Å²) in [6.07, 6.45) is 0. The van der Waals surface area contributed by atoms with E-state index in [-0.39, 0.29) is 0 Å². The van der Waals surface area contributed by atoms with Crippen molar-refractivity contribution in [2.45, 2.75) is 0 Å². The molecule has 0 aliphatic rings. The van der Waals surface area contributed by atoms with Gasteiger partial charge in [-0.1, -0.05) is 140 Å². The maximum Gasteiger partial charge on any atom is 0.145 e. The fourth-order valence-corrected chi connectivity index (χ4v) is 11.1. The zero-order valence-electron chi connectivity index (χ0n) is 31.2. The number of furan rings is 1. The predicted molar refractivity (Wildman–Crippen MR) is 250 cm³/mol. The zero-order chi connectivity index (χ0) is 38.2. The van der Waals surface area contributed by atoms with Gasteiger partial charge in [0.1, 0.15) is 11.2 Å². The molecule has 0 spiro atoms. The summed E-state index contributed by atoms with van der Waals surface area (Å²) in [4.78, 5) is 2.48. The van der Waals surface area contributed by atoms with Crippen LogP contribution in [0, 0.1) is 0 Å². The van der Waals surface area contributed by atoms with Crippen molar-refractivity contribution in [1.82, 2.24) is 0 Å². The molecule has 272 valence electrons. The summed E-state index contributed by atoms with van der Waals surface area (Å²) in [5, 5.41) is 7.26. The number of benzene rings is 9. The number of hydrogen-bond acceptors (Lipinski definition) is 4. The van der Waals surface area contributed by atoms with Crippen molar-refractivity contribution in [3.8, 4) is 33.4 Å². The maximum atomic E-state index is 7.04. The van der Waals surface area contributed by atoms with E-state index >= 15 is 0 Å². The second-order valence-corrected chi connectivity index (χ2v) is 17.0. The van der Waals surface area contributed by atoms with Gasteiger partial charge in [0.2, 0.25) is 0 Å². The van der Waals surface area contributed by atoms with Crippen molar-refractivity contribution in [3.63, 3.8) is 0 Å². The molecule has 3 aromatic heterocycles. The Morgan fingerprint density at radius 3 is 1.78 bits per heavy atom. The standard InChI is InChI=1S/C54H33NOS2/c1-4-13-34(14-5-1)37-24-27-44-48(31-37)56-53-40(36-17-8-3-9-18-36)28-29-46(52(44)53)55(47-21-12-20-43-41-19-10-11-22-49(41)58-54(43)47)39-25-30-50-45(33-39)42-26-23-38(32-51(42)57-50)35-15-6-2-7-16-35/h1-33H. The smallest absolute Gasteiger partial charge is 0.145 e. The molecule has 0 bridgehead atoms. The highest BCUT2D eigenvalue weighted by atomic mass is 32.1. The lowest BCUT2D eigenvalue weighted by Crippen LogP contribution is -2.10. The van der Waals surface area contributed by atoms with Gasteiger partial charge in [0.15, 0.2) is 0 Å². The minimum absolute atomic E-state index is 0.870. The van der Waals surface area contributed by atoms with E-state index in [1.54, 1.807) is 0 Å². The lowest BCUT2D eigenvalue weighted by atomic mass is 9.98. The summed E-state index contributed by atoms with van der Waals surface area (Å²) >= 11 is 3.72. The van der Waals surface area contributed by atoms with Crippen LogP contribution in [0.5, 0.6) is 0 Å². The van der Waals surface area contributed by atoms with Crippen LogP contribution in [0.2, 0.25) is 0 Å². The molecule has 0 aliphatic carbocycles. The van der Waals surface area contributed by atoms with Crippen LogP contribution in [-0.2, 0) is 0 Å². The highest BCUT2D eigenvalue weighted by molar-refractivity contribution is 7.26. The van der Waals surface area contributed by atoms with Gasteiger partial charge < -0.3 is 9.32 Å². The molecule has 2 nitrogen and oxygen atoms in total. The second kappa shape index (κ2) is 13.3. The van der Waals surface area contributed by atoms with Gasteiger partial charge in [0, 0.05) is 52.3 Å². The molecule has 9 aromatic carbocycles. The summed E-state index contributed by atoms with van der Waals surface area (Å²) < 4.78 is 12.1. The summed E-state index contributed by atoms with van der Waals surface area (Å²) in [6.45, 7) is 0. The number of anilines is 3. The Labute approximate surface area is 343 Å². The molecule has 0 amide bonds. The van der Waals surface area contributed by atoms with Crippen LogP contribution in [0.4, 0.5) is 17.1 Å². The Balaban J connectivity index is 1.14. The number of hydrogen-bond donors (Lipinski definition) is 0. The van der Waals surface area contributed by atoms with E-state index in [1.165, 1.54) is 57.0 Å². The molecule has 0 atom stereocenters. The molecule has 0 N–H and O–H groups in total. The second-order valence-electron chi connectivity index (χ2n) is 14.8. The van der Waals surface area contributed by atoms with E-state index < -0.39 is 0 Å². The molecular formula is C54H33NOS2. The predicted octanol–water partition coefficient (Wildman–Crippen LogP) is 16.8. The zero-order valence-corrected chi connectivity index (χ0v) is 32.9. The number of thiophene rings is 2. The summed E-state index contributed by atoms with van der Waals surface area (Å²) in [5.41, 5.74) is 12.0. The summed E-state index contributed by atoms with van der Waals surface area (Å²) in [5.74, 6) is 0. The number of nitrogens with zero attached hydrogens (tertiary/aromatic N) is 1. The Bertz CT molecular complexity index is 3510. The lowest BCUT2D eigenvalue weighted by Gasteiger charge is -2.27. The van der Waals surface area contributed by atoms with Crippen LogP contribution in [0.15, 0.2) is 205 Å². The van der Waals surface area contributed by atoms with Gasteiger partial charge in [-0.3, -0.25) is 0 Å². The molecule has 12 aromatic rings. The van der Waals surface area contributed by atoms with Gasteiger partial charge in [-0.25, -0.2) is 0 Å². The van der Waals surface area contributed by atoms with Crippen molar-refractivity contribution in [1.29, 1.82) is 0 Å². The van der Waals surface area contributed by atoms with E-state index in [0.29, 0.717) is 0 Å². The van der Waals surface area contributed by atoms with Crippen LogP contribution in [0.1, 0.15) is 0 Å². The average Bonchev–Trinajstić information content (AvgIpc) is 3.99. The van der Waals surface area contributed by atoms with Gasteiger partial charge >= 0.3 is 0 Å². The average molecular weight is 776 g/mol. The third kappa shape index (κ3) is 5.30. The molecule has 0 saturated heterocycles. The molecule has 58 heavy (non-hydrogen) atoms. The molecule has 0 unspecified atom stereocenters. The normalized spacial score (nSPS) is 11.8. The van der Waals surface area contributed by atoms with Gasteiger partial charge in [0.25, 0.3) is 0 Å². The molecule has 0 saturated carbocycles. The topological polar surface area (TPSA) is 16.4 Å². The first-order valence-electron chi connectivity index (χ1n) is 19.6. The van der Waals surface area contributed by atoms with Crippen LogP contribution >= 0.6 is 22.7 Å². The fourth-order valence-electron chi connectivity index (χ4n) is 8.73. The first-order valence-corrected chi connectivity index (χ1v) is 21.2. The van der Waals surface area contributed by atoms with E-state index in [4.69, 9.17) is 4.42 Å². The van der Waals surface area contributed by atoms with Crippen LogP contribution < -0.4 is 4.90 Å². The van der Waals surface area contributed by atoms with Crippen molar-refractivity contribution in [2.75, 3.05) is 4.90 Å². The monoisotopic (exact) mass is 775 g/mol. The van der Waals surface area contributed by atoms with Gasteiger partial charge in [-0.2, -0.15) is 0 Å². The van der Waals surface area contributed by atoms with Gasteiger partial charge in [-0.15, -0.1) is 22.7 Å².